The quantitative estimate of drug-likeness (QED) is 0.731. The molecule has 0 saturated heterocycles. The number of nitrogens with one attached hydrogen (secondary N) is 1. The summed E-state index contributed by atoms with van der Waals surface area (Å²) in [5.41, 5.74) is 0. The fourth-order valence-electron chi connectivity index (χ4n) is 1.31. The van der Waals surface area contributed by atoms with Crippen molar-refractivity contribution in [1.82, 2.24) is 5.32 Å². The van der Waals surface area contributed by atoms with Gasteiger partial charge in [0.15, 0.2) is 6.17 Å². The standard InChI is InChI=1S/C11H22FNO/c1-6-9(7(2)3)13-11(14)10(12)8(4)5/h7-10H,6H2,1-5H3,(H,13,14). The van der Waals surface area contributed by atoms with Gasteiger partial charge in [-0.2, -0.15) is 0 Å². The molecule has 0 radical (unpaired) electrons. The number of carbonyl (C=O) groups excluding carboxylic acids is 1. The fraction of sp³-hybridized carbons (Fsp3) is 0.909. The molecular formula is C11H22FNO. The van der Waals surface area contributed by atoms with Crippen molar-refractivity contribution >= 4 is 5.91 Å². The van der Waals surface area contributed by atoms with Crippen molar-refractivity contribution in [3.05, 3.63) is 0 Å². The third-order valence-electron chi connectivity index (χ3n) is 2.41. The number of rotatable bonds is 5. The van der Waals surface area contributed by atoms with Crippen LogP contribution in [-0.2, 0) is 4.79 Å². The van der Waals surface area contributed by atoms with Crippen molar-refractivity contribution in [1.29, 1.82) is 0 Å². The van der Waals surface area contributed by atoms with E-state index < -0.39 is 12.1 Å². The highest BCUT2D eigenvalue weighted by atomic mass is 19.1. The first-order valence-corrected chi connectivity index (χ1v) is 5.34. The zero-order valence-electron chi connectivity index (χ0n) is 9.80. The van der Waals surface area contributed by atoms with Crippen LogP contribution in [0.4, 0.5) is 4.39 Å². The normalized spacial score (nSPS) is 15.7. The number of carbonyl (C=O) groups is 1. The van der Waals surface area contributed by atoms with Crippen molar-refractivity contribution in [3.8, 4) is 0 Å². The van der Waals surface area contributed by atoms with Crippen LogP contribution in [0.1, 0.15) is 41.0 Å². The predicted molar refractivity (Wildman–Crippen MR) is 56.8 cm³/mol. The van der Waals surface area contributed by atoms with Gasteiger partial charge in [0.25, 0.3) is 5.91 Å². The summed E-state index contributed by atoms with van der Waals surface area (Å²) in [6, 6.07) is 0.0829. The van der Waals surface area contributed by atoms with Crippen molar-refractivity contribution in [2.24, 2.45) is 11.8 Å². The maximum absolute atomic E-state index is 13.3. The zero-order chi connectivity index (χ0) is 11.3. The van der Waals surface area contributed by atoms with Gasteiger partial charge < -0.3 is 5.32 Å². The Bertz CT molecular complexity index is 180. The number of alkyl halides is 1. The lowest BCUT2D eigenvalue weighted by molar-refractivity contribution is -0.128. The summed E-state index contributed by atoms with van der Waals surface area (Å²) in [6.07, 6.45) is -0.545. The predicted octanol–water partition coefficient (Wildman–Crippen LogP) is 2.53. The maximum atomic E-state index is 13.3. The molecule has 0 aliphatic rings. The van der Waals surface area contributed by atoms with Gasteiger partial charge in [-0.3, -0.25) is 4.79 Å². The highest BCUT2D eigenvalue weighted by Gasteiger charge is 2.23. The minimum atomic E-state index is -1.39. The van der Waals surface area contributed by atoms with Gasteiger partial charge in [0.05, 0.1) is 0 Å². The topological polar surface area (TPSA) is 29.1 Å². The van der Waals surface area contributed by atoms with Crippen LogP contribution in [-0.4, -0.2) is 18.1 Å². The number of halogens is 1. The van der Waals surface area contributed by atoms with Crippen LogP contribution in [0.25, 0.3) is 0 Å². The fourth-order valence-corrected chi connectivity index (χ4v) is 1.31. The lowest BCUT2D eigenvalue weighted by Crippen LogP contribution is -2.43. The van der Waals surface area contributed by atoms with Gasteiger partial charge in [-0.05, 0) is 18.3 Å². The molecule has 0 aromatic carbocycles. The summed E-state index contributed by atoms with van der Waals surface area (Å²) in [6.45, 7) is 9.46. The van der Waals surface area contributed by atoms with Gasteiger partial charge in [0, 0.05) is 6.04 Å². The summed E-state index contributed by atoms with van der Waals surface area (Å²) in [5.74, 6) is -0.372. The van der Waals surface area contributed by atoms with Crippen LogP contribution < -0.4 is 5.32 Å². The van der Waals surface area contributed by atoms with E-state index in [0.29, 0.717) is 5.92 Å². The van der Waals surface area contributed by atoms with Crippen LogP contribution in [0.2, 0.25) is 0 Å². The average Bonchev–Trinajstić information content (AvgIpc) is 2.11. The summed E-state index contributed by atoms with van der Waals surface area (Å²) in [5, 5.41) is 2.73. The highest BCUT2D eigenvalue weighted by molar-refractivity contribution is 5.81. The molecule has 1 amide bonds. The molecule has 0 aliphatic heterocycles. The van der Waals surface area contributed by atoms with E-state index in [4.69, 9.17) is 0 Å². The van der Waals surface area contributed by atoms with E-state index in [1.807, 2.05) is 20.8 Å². The third-order valence-corrected chi connectivity index (χ3v) is 2.41. The molecule has 0 aromatic heterocycles. The molecule has 2 nitrogen and oxygen atoms in total. The maximum Gasteiger partial charge on any atom is 0.255 e. The van der Waals surface area contributed by atoms with Crippen molar-refractivity contribution in [2.75, 3.05) is 0 Å². The molecule has 0 saturated carbocycles. The van der Waals surface area contributed by atoms with Crippen molar-refractivity contribution < 1.29 is 9.18 Å². The van der Waals surface area contributed by atoms with E-state index in [0.717, 1.165) is 6.42 Å². The Hall–Kier alpha value is -0.600. The molecule has 2 atom stereocenters. The summed E-state index contributed by atoms with van der Waals surface area (Å²) in [4.78, 5) is 11.4. The second-order valence-corrected chi connectivity index (χ2v) is 4.41. The van der Waals surface area contributed by atoms with Crippen molar-refractivity contribution in [2.45, 2.75) is 53.3 Å². The summed E-state index contributed by atoms with van der Waals surface area (Å²) >= 11 is 0. The van der Waals surface area contributed by atoms with Gasteiger partial charge in [-0.1, -0.05) is 34.6 Å². The molecule has 0 fully saturated rings. The lowest BCUT2D eigenvalue weighted by Gasteiger charge is -2.22. The Morgan fingerprint density at radius 3 is 2.00 bits per heavy atom. The molecule has 0 aliphatic carbocycles. The minimum absolute atomic E-state index is 0.0829. The zero-order valence-corrected chi connectivity index (χ0v) is 9.80. The summed E-state index contributed by atoms with van der Waals surface area (Å²) < 4.78 is 13.3. The van der Waals surface area contributed by atoms with Crippen LogP contribution in [0.5, 0.6) is 0 Å². The second-order valence-electron chi connectivity index (χ2n) is 4.41. The van der Waals surface area contributed by atoms with E-state index in [1.165, 1.54) is 0 Å². The lowest BCUT2D eigenvalue weighted by atomic mass is 10.0. The Labute approximate surface area is 86.3 Å². The Morgan fingerprint density at radius 1 is 1.21 bits per heavy atom. The number of hydrogen-bond donors (Lipinski definition) is 1. The van der Waals surface area contributed by atoms with Crippen LogP contribution in [0, 0.1) is 11.8 Å². The van der Waals surface area contributed by atoms with Crippen LogP contribution in [0.15, 0.2) is 0 Å². The molecular weight excluding hydrogens is 181 g/mol. The van der Waals surface area contributed by atoms with Gasteiger partial charge in [-0.15, -0.1) is 0 Å². The van der Waals surface area contributed by atoms with E-state index in [2.05, 4.69) is 5.32 Å². The molecule has 0 bridgehead atoms. The van der Waals surface area contributed by atoms with Crippen molar-refractivity contribution in [3.63, 3.8) is 0 Å². The molecule has 0 aromatic rings. The Balaban J connectivity index is 4.15. The van der Waals surface area contributed by atoms with Crippen LogP contribution >= 0.6 is 0 Å². The molecule has 1 N–H and O–H groups in total. The first-order chi connectivity index (χ1) is 6.40. The Kier molecular flexibility index (Phi) is 5.73. The molecule has 0 spiro atoms. The molecule has 0 rings (SSSR count). The first kappa shape index (κ1) is 13.4. The highest BCUT2D eigenvalue weighted by Crippen LogP contribution is 2.10. The van der Waals surface area contributed by atoms with Crippen LogP contribution in [0.3, 0.4) is 0 Å². The van der Waals surface area contributed by atoms with E-state index in [-0.39, 0.29) is 12.0 Å². The van der Waals surface area contributed by atoms with Gasteiger partial charge >= 0.3 is 0 Å². The Morgan fingerprint density at radius 2 is 1.71 bits per heavy atom. The summed E-state index contributed by atoms with van der Waals surface area (Å²) in [7, 11) is 0. The van der Waals surface area contributed by atoms with Gasteiger partial charge in [0.2, 0.25) is 0 Å². The molecule has 0 heterocycles. The average molecular weight is 203 g/mol. The van der Waals surface area contributed by atoms with E-state index in [9.17, 15) is 9.18 Å². The monoisotopic (exact) mass is 203 g/mol. The molecule has 14 heavy (non-hydrogen) atoms. The third kappa shape index (κ3) is 4.07. The van der Waals surface area contributed by atoms with Gasteiger partial charge in [-0.25, -0.2) is 4.39 Å². The smallest absolute Gasteiger partial charge is 0.255 e. The molecule has 3 heteroatoms. The minimum Gasteiger partial charge on any atom is -0.351 e. The van der Waals surface area contributed by atoms with Gasteiger partial charge in [0.1, 0.15) is 0 Å². The second kappa shape index (κ2) is 5.99. The molecule has 2 unspecified atom stereocenters. The van der Waals surface area contributed by atoms with E-state index in [1.54, 1.807) is 13.8 Å². The largest absolute Gasteiger partial charge is 0.351 e. The molecule has 84 valence electrons. The SMILES string of the molecule is CCC(NC(=O)C(F)C(C)C)C(C)C. The number of hydrogen-bond acceptors (Lipinski definition) is 1. The first-order valence-electron chi connectivity index (χ1n) is 5.34. The van der Waals surface area contributed by atoms with E-state index >= 15 is 0 Å². The number of amides is 1.